The van der Waals surface area contributed by atoms with Gasteiger partial charge in [0.05, 0.1) is 36.6 Å². The Labute approximate surface area is 949 Å². The molecule has 0 amide bonds. The molecule has 14 heteroatoms. The van der Waals surface area contributed by atoms with E-state index in [1.54, 1.807) is 0 Å². The van der Waals surface area contributed by atoms with Gasteiger partial charge < -0.3 is 27.1 Å². The molecule has 852 valence electrons. The summed E-state index contributed by atoms with van der Waals surface area (Å²) in [7, 11) is 15.6. The molecular weight excluding hydrogens is 1980 g/mol. The molecule has 0 aliphatic heterocycles. The van der Waals surface area contributed by atoms with E-state index in [1.165, 1.54) is 193 Å². The van der Waals surface area contributed by atoms with Crippen molar-refractivity contribution in [1.29, 1.82) is 0 Å². The summed E-state index contributed by atoms with van der Waals surface area (Å²) in [6.45, 7) is 35.2. The molecule has 18 unspecified atom stereocenters. The van der Waals surface area contributed by atoms with Crippen LogP contribution in [0.4, 0.5) is 0 Å². The highest BCUT2D eigenvalue weighted by Gasteiger charge is 2.13. The lowest BCUT2D eigenvalue weighted by Gasteiger charge is -2.17. The molecule has 0 aromatic carbocycles. The number of rotatable bonds is 92. The highest BCUT2D eigenvalue weighted by atomic mass is 32.0. The smallest absolute Gasteiger partial charge is 0.0828 e. The summed E-state index contributed by atoms with van der Waals surface area (Å²) in [6.07, 6.45) is 192. The van der Waals surface area contributed by atoms with Gasteiger partial charge >= 0.3 is 0 Å². The summed E-state index contributed by atoms with van der Waals surface area (Å²) in [4.78, 5) is 0. The zero-order valence-corrected chi connectivity index (χ0v) is 108. The summed E-state index contributed by atoms with van der Waals surface area (Å²) in [5, 5.41) is 0. The van der Waals surface area contributed by atoms with Crippen LogP contribution in [0, 0.1) is 23.7 Å². The lowest BCUT2D eigenvalue weighted by Crippen LogP contribution is -2.15. The SMILES string of the molecule is CC/C=C\C/C=C\CC(OP)C(C)/C=C/C=C/C=C\CCCCCC.CC/C=C\CC(C)/C=C/C=C\C/C=C\C/C=C\CCCCCC.CCC=CCC(C)C=CC=CCC=CCC=CCCCCCC.CCC=CCC=CCC(OP)C(C)C=CC=CC=CCCCCCC.CCCCCC/C=C\C/C=C\C=C\C(C/C=C\C/C=C\C(C)OPP)OP.CCCCCCC=CCC=CC=CC(CC=CCC=CC(C)OPP)OP. The monoisotopic (exact) mass is 2210 g/mol. The average Bonchev–Trinajstić information content (AvgIpc) is 0.960. The molecule has 0 rings (SSSR count). The van der Waals surface area contributed by atoms with Crippen LogP contribution in [0.5, 0.6) is 0 Å². The van der Waals surface area contributed by atoms with Crippen molar-refractivity contribution in [3.8, 4) is 0 Å². The fourth-order valence-corrected chi connectivity index (χ4v) is 16.9. The first-order valence-electron chi connectivity index (χ1n) is 59.0. The molecule has 0 spiro atoms. The van der Waals surface area contributed by atoms with Crippen LogP contribution in [0.1, 0.15) is 432 Å². The Morgan fingerprint density at radius 1 is 0.187 bits per heavy atom. The Morgan fingerprint density at radius 3 is 0.680 bits per heavy atom. The fourth-order valence-electron chi connectivity index (χ4n) is 13.9. The lowest BCUT2D eigenvalue weighted by atomic mass is 10.0. The van der Waals surface area contributed by atoms with E-state index in [4.69, 9.17) is 27.1 Å². The second-order valence-corrected chi connectivity index (χ2v) is 41.3. The minimum absolute atomic E-state index is 0.0922. The van der Waals surface area contributed by atoms with Crippen LogP contribution in [0.15, 0.2) is 365 Å². The van der Waals surface area contributed by atoms with E-state index < -0.39 is 0 Å². The second-order valence-electron chi connectivity index (χ2n) is 37.9. The maximum absolute atomic E-state index is 5.54. The van der Waals surface area contributed by atoms with E-state index in [0.29, 0.717) is 40.7 Å². The van der Waals surface area contributed by atoms with Crippen molar-refractivity contribution >= 4 is 72.7 Å². The van der Waals surface area contributed by atoms with Crippen molar-refractivity contribution in [3.05, 3.63) is 365 Å². The molecule has 0 bridgehead atoms. The Balaban J connectivity index is -0.000000415. The molecule has 0 heterocycles. The molecule has 0 aromatic rings. The van der Waals surface area contributed by atoms with Crippen molar-refractivity contribution in [2.45, 2.75) is 468 Å². The van der Waals surface area contributed by atoms with E-state index in [2.05, 4.69) is 531 Å². The zero-order chi connectivity index (χ0) is 111. The van der Waals surface area contributed by atoms with Gasteiger partial charge in [0.15, 0.2) is 0 Å². The molecular formula is C136H232O6P8. The van der Waals surface area contributed by atoms with Crippen LogP contribution >= 0.6 is 72.7 Å². The molecule has 6 nitrogen and oxygen atoms in total. The summed E-state index contributed by atoms with van der Waals surface area (Å²) < 4.78 is 32.8. The maximum atomic E-state index is 5.54. The van der Waals surface area contributed by atoms with Crippen LogP contribution in [0.2, 0.25) is 0 Å². The fraction of sp³-hybridized carbons (Fsp3) is 0.559. The van der Waals surface area contributed by atoms with Gasteiger partial charge in [0.25, 0.3) is 0 Å². The van der Waals surface area contributed by atoms with Crippen molar-refractivity contribution in [2.24, 2.45) is 23.7 Å². The first-order valence-corrected chi connectivity index (χ1v) is 66.3. The van der Waals surface area contributed by atoms with E-state index in [-0.39, 0.29) is 36.6 Å². The van der Waals surface area contributed by atoms with E-state index in [9.17, 15) is 0 Å². The van der Waals surface area contributed by atoms with Crippen molar-refractivity contribution in [2.75, 3.05) is 0 Å². The first kappa shape index (κ1) is 156. The van der Waals surface area contributed by atoms with Crippen molar-refractivity contribution in [3.63, 3.8) is 0 Å². The van der Waals surface area contributed by atoms with Gasteiger partial charge in [0.1, 0.15) is 0 Å². The standard InChI is InChI=1S/2C23H39OP.2C23H38.2C22H39O2P3/c2*1-4-6-8-10-12-13-14-15-16-18-20-22(3)23(24-25)21-19-17-11-9-7-5-2;2*1-4-6-8-9-10-11-12-13-14-15-16-17-18-20-22-23(3)21-19-7-5-2;2*1-3-4-5-6-7-8-9-10-11-12-16-19-22(23-25)20-17-14-13-15-18-21(2)24-27-26/h2*7,9,13-20,22-23H,4-6,8,10-12,21,25H2,1-3H3;2*7,11-12,14-15,17-20,22-23H,4-6,8-10,13,16,21H2,1-3H3;2*8-9,11-12,14-19,21-22,27H,3-7,10,13,20,25-26H2,1-2H3/b9-7-,14-13-,16-15+,19-17-,20-18+;;12-11-,15-14-,18-17-,19-7-,22-20+;;9-8-,12-11-,17-14-,18-15-,19-16+;. The highest BCUT2D eigenvalue weighted by molar-refractivity contribution is 8.00. The van der Waals surface area contributed by atoms with Gasteiger partial charge in [-0.05, 0) is 231 Å². The normalized spacial score (nSPS) is 15.2. The van der Waals surface area contributed by atoms with Gasteiger partial charge in [0.2, 0.25) is 0 Å². The van der Waals surface area contributed by atoms with Crippen LogP contribution in [-0.2, 0) is 27.1 Å². The second kappa shape index (κ2) is 144. The Kier molecular flexibility index (Phi) is 150. The molecule has 0 aliphatic carbocycles. The van der Waals surface area contributed by atoms with Crippen LogP contribution < -0.4 is 0 Å². The average molecular weight is 2210 g/mol. The zero-order valence-electron chi connectivity index (χ0n) is 98.7. The van der Waals surface area contributed by atoms with Gasteiger partial charge in [0, 0.05) is 66.7 Å². The quantitative estimate of drug-likeness (QED) is 0.0262. The van der Waals surface area contributed by atoms with E-state index in [1.807, 2.05) is 0 Å². The van der Waals surface area contributed by atoms with Gasteiger partial charge in [-0.15, -0.1) is 0 Å². The van der Waals surface area contributed by atoms with Crippen LogP contribution in [0.25, 0.3) is 0 Å². The van der Waals surface area contributed by atoms with E-state index >= 15 is 0 Å². The topological polar surface area (TPSA) is 55.4 Å². The van der Waals surface area contributed by atoms with Crippen LogP contribution in [-0.4, -0.2) is 36.6 Å². The first-order chi connectivity index (χ1) is 73.6. The Bertz CT molecular complexity index is 3480. The third-order valence-electron chi connectivity index (χ3n) is 23.3. The van der Waals surface area contributed by atoms with E-state index in [0.717, 1.165) is 128 Å². The van der Waals surface area contributed by atoms with Gasteiger partial charge in [-0.1, -0.05) is 595 Å². The number of hydrogen-bond acceptors (Lipinski definition) is 6. The predicted octanol–water partition coefficient (Wildman–Crippen LogP) is 47.1. The van der Waals surface area contributed by atoms with Crippen LogP contribution in [0.3, 0.4) is 0 Å². The summed E-state index contributed by atoms with van der Waals surface area (Å²) in [5.41, 5.74) is 0. The molecule has 150 heavy (non-hydrogen) atoms. The lowest BCUT2D eigenvalue weighted by molar-refractivity contribution is 0.199. The molecule has 18 atom stereocenters. The maximum Gasteiger partial charge on any atom is 0.0828 e. The highest BCUT2D eigenvalue weighted by Crippen LogP contribution is 2.26. The molecule has 0 N–H and O–H groups in total. The molecule has 0 radical (unpaired) electrons. The Hall–Kier alpha value is -4.60. The molecule has 0 fully saturated rings. The number of hydrogen-bond donors (Lipinski definition) is 0. The third-order valence-corrected chi connectivity index (χ3v) is 26.5. The van der Waals surface area contributed by atoms with Gasteiger partial charge in [-0.2, -0.15) is 0 Å². The number of unbranched alkanes of at least 4 members (excludes halogenated alkanes) is 24. The number of allylic oxidation sites excluding steroid dienone is 50. The summed E-state index contributed by atoms with van der Waals surface area (Å²) in [6, 6.07) is 0. The van der Waals surface area contributed by atoms with Gasteiger partial charge in [-0.3, -0.25) is 0 Å². The van der Waals surface area contributed by atoms with Crippen molar-refractivity contribution < 1.29 is 27.1 Å². The molecule has 0 aliphatic rings. The van der Waals surface area contributed by atoms with Crippen molar-refractivity contribution in [1.82, 2.24) is 0 Å². The molecule has 0 aromatic heterocycles. The minimum atomic E-state index is 0.0922. The minimum Gasteiger partial charge on any atom is -0.362 e. The predicted molar refractivity (Wildman–Crippen MR) is 714 cm³/mol. The van der Waals surface area contributed by atoms with Gasteiger partial charge in [-0.25, -0.2) is 0 Å². The third kappa shape index (κ3) is 141. The largest absolute Gasteiger partial charge is 0.362 e. The molecule has 0 saturated carbocycles. The summed E-state index contributed by atoms with van der Waals surface area (Å²) >= 11 is 0. The Morgan fingerprint density at radius 2 is 0.407 bits per heavy atom. The molecule has 0 saturated heterocycles. The summed E-state index contributed by atoms with van der Waals surface area (Å²) in [5.74, 6) is 2.02.